The maximum atomic E-state index is 11.4. The highest BCUT2D eigenvalue weighted by molar-refractivity contribution is 5.87. The Morgan fingerprint density at radius 2 is 1.81 bits per heavy atom. The molecule has 0 aliphatic carbocycles. The minimum absolute atomic E-state index is 0.0659. The van der Waals surface area contributed by atoms with Gasteiger partial charge in [0.1, 0.15) is 0 Å². The first-order valence-electron chi connectivity index (χ1n) is 6.20. The van der Waals surface area contributed by atoms with Gasteiger partial charge in [-0.1, -0.05) is 20.4 Å². The highest BCUT2D eigenvalue weighted by Gasteiger charge is 2.22. The van der Waals surface area contributed by atoms with Crippen LogP contribution in [0.1, 0.15) is 27.2 Å². The second kappa shape index (κ2) is 6.04. The van der Waals surface area contributed by atoms with Crippen molar-refractivity contribution < 1.29 is 4.79 Å². The maximum Gasteiger partial charge on any atom is 0.246 e. The Bertz CT molecular complexity index is 242. The Kier molecular flexibility index (Phi) is 5.00. The van der Waals surface area contributed by atoms with Crippen LogP contribution in [-0.4, -0.2) is 47.9 Å². The number of carbonyl (C=O) groups is 1. The maximum absolute atomic E-state index is 11.4. The summed E-state index contributed by atoms with van der Waals surface area (Å²) in [4.78, 5) is 15.8. The summed E-state index contributed by atoms with van der Waals surface area (Å²) in [7, 11) is 0. The summed E-state index contributed by atoms with van der Waals surface area (Å²) in [6.45, 7) is 14.0. The van der Waals surface area contributed by atoms with Gasteiger partial charge >= 0.3 is 0 Å². The molecule has 1 rings (SSSR count). The molecule has 16 heavy (non-hydrogen) atoms. The molecule has 1 aliphatic heterocycles. The van der Waals surface area contributed by atoms with Crippen molar-refractivity contribution >= 4 is 5.91 Å². The third-order valence-electron chi connectivity index (χ3n) is 3.24. The van der Waals surface area contributed by atoms with Crippen molar-refractivity contribution in [2.45, 2.75) is 33.2 Å². The first kappa shape index (κ1) is 13.2. The molecule has 0 bridgehead atoms. The van der Waals surface area contributed by atoms with Crippen molar-refractivity contribution in [3.8, 4) is 0 Å². The average molecular weight is 224 g/mol. The van der Waals surface area contributed by atoms with Crippen LogP contribution in [0.3, 0.4) is 0 Å². The van der Waals surface area contributed by atoms with Gasteiger partial charge in [0.05, 0.1) is 0 Å². The van der Waals surface area contributed by atoms with Crippen molar-refractivity contribution in [1.29, 1.82) is 0 Å². The van der Waals surface area contributed by atoms with Gasteiger partial charge < -0.3 is 4.90 Å². The molecule has 1 saturated heterocycles. The van der Waals surface area contributed by atoms with Gasteiger partial charge in [-0.3, -0.25) is 9.69 Å². The molecule has 1 unspecified atom stereocenters. The van der Waals surface area contributed by atoms with Crippen LogP contribution < -0.4 is 0 Å². The Hall–Kier alpha value is -0.830. The lowest BCUT2D eigenvalue weighted by Gasteiger charge is -2.38. The van der Waals surface area contributed by atoms with E-state index in [4.69, 9.17) is 0 Å². The van der Waals surface area contributed by atoms with Crippen molar-refractivity contribution in [3.05, 3.63) is 12.7 Å². The van der Waals surface area contributed by atoms with Gasteiger partial charge in [-0.25, -0.2) is 0 Å². The monoisotopic (exact) mass is 224 g/mol. The molecule has 92 valence electrons. The lowest BCUT2D eigenvalue weighted by atomic mass is 10.0. The third-order valence-corrected chi connectivity index (χ3v) is 3.24. The summed E-state index contributed by atoms with van der Waals surface area (Å²) in [6, 6.07) is 0.626. The van der Waals surface area contributed by atoms with E-state index in [1.807, 2.05) is 4.90 Å². The SMILES string of the molecule is C=CC(=O)N1CCN(C(C)CC(C)C)CC1. The van der Waals surface area contributed by atoms with E-state index in [-0.39, 0.29) is 5.91 Å². The third kappa shape index (κ3) is 3.63. The second-order valence-corrected chi connectivity index (χ2v) is 5.04. The van der Waals surface area contributed by atoms with Crippen LogP contribution in [0.5, 0.6) is 0 Å². The predicted molar refractivity (Wildman–Crippen MR) is 67.3 cm³/mol. The molecule has 1 aliphatic rings. The molecule has 1 fully saturated rings. The van der Waals surface area contributed by atoms with E-state index in [9.17, 15) is 4.79 Å². The van der Waals surface area contributed by atoms with Gasteiger partial charge in [0.2, 0.25) is 5.91 Å². The van der Waals surface area contributed by atoms with Gasteiger partial charge in [0.15, 0.2) is 0 Å². The molecule has 3 heteroatoms. The number of hydrogen-bond acceptors (Lipinski definition) is 2. The molecule has 1 heterocycles. The molecule has 0 aromatic rings. The highest BCUT2D eigenvalue weighted by Crippen LogP contribution is 2.13. The number of amides is 1. The second-order valence-electron chi connectivity index (χ2n) is 5.04. The molecule has 1 atom stereocenters. The van der Waals surface area contributed by atoms with Crippen LogP contribution in [0.2, 0.25) is 0 Å². The summed E-state index contributed by atoms with van der Waals surface area (Å²) in [6.07, 6.45) is 2.64. The quantitative estimate of drug-likeness (QED) is 0.679. The first-order valence-corrected chi connectivity index (χ1v) is 6.20. The zero-order valence-electron chi connectivity index (χ0n) is 10.8. The minimum Gasteiger partial charge on any atom is -0.337 e. The van der Waals surface area contributed by atoms with Crippen molar-refractivity contribution in [3.63, 3.8) is 0 Å². The fourth-order valence-electron chi connectivity index (χ4n) is 2.34. The van der Waals surface area contributed by atoms with Crippen molar-refractivity contribution in [1.82, 2.24) is 9.80 Å². The van der Waals surface area contributed by atoms with Crippen LogP contribution in [0.4, 0.5) is 0 Å². The van der Waals surface area contributed by atoms with Gasteiger partial charge in [-0.2, -0.15) is 0 Å². The fourth-order valence-corrected chi connectivity index (χ4v) is 2.34. The predicted octanol–water partition coefficient (Wildman–Crippen LogP) is 1.75. The number of hydrogen-bond donors (Lipinski definition) is 0. The topological polar surface area (TPSA) is 23.6 Å². The lowest BCUT2D eigenvalue weighted by Crippen LogP contribution is -2.51. The Labute approximate surface area is 99.1 Å². The van der Waals surface area contributed by atoms with Gasteiger partial charge in [-0.05, 0) is 25.3 Å². The Morgan fingerprint density at radius 1 is 1.25 bits per heavy atom. The van der Waals surface area contributed by atoms with Gasteiger partial charge in [0.25, 0.3) is 0 Å². The van der Waals surface area contributed by atoms with Crippen LogP contribution in [-0.2, 0) is 4.79 Å². The van der Waals surface area contributed by atoms with E-state index < -0.39 is 0 Å². The zero-order chi connectivity index (χ0) is 12.1. The summed E-state index contributed by atoms with van der Waals surface area (Å²) >= 11 is 0. The van der Waals surface area contributed by atoms with Gasteiger partial charge in [-0.15, -0.1) is 0 Å². The molecule has 0 aromatic heterocycles. The summed E-state index contributed by atoms with van der Waals surface area (Å²) < 4.78 is 0. The summed E-state index contributed by atoms with van der Waals surface area (Å²) in [5.41, 5.74) is 0. The minimum atomic E-state index is 0.0659. The van der Waals surface area contributed by atoms with Crippen LogP contribution in [0, 0.1) is 5.92 Å². The molecule has 1 amide bonds. The lowest BCUT2D eigenvalue weighted by molar-refractivity contribution is -0.128. The van der Waals surface area contributed by atoms with E-state index >= 15 is 0 Å². The van der Waals surface area contributed by atoms with E-state index in [2.05, 4.69) is 32.3 Å². The fraction of sp³-hybridized carbons (Fsp3) is 0.769. The van der Waals surface area contributed by atoms with E-state index in [0.29, 0.717) is 6.04 Å². The van der Waals surface area contributed by atoms with E-state index in [0.717, 1.165) is 32.1 Å². The zero-order valence-corrected chi connectivity index (χ0v) is 10.8. The standard InChI is InChI=1S/C13H24N2O/c1-5-13(16)15-8-6-14(7-9-15)12(4)10-11(2)3/h5,11-12H,1,6-10H2,2-4H3. The van der Waals surface area contributed by atoms with Gasteiger partial charge in [0, 0.05) is 32.2 Å². The summed E-state index contributed by atoms with van der Waals surface area (Å²) in [5.74, 6) is 0.805. The number of rotatable bonds is 4. The molecule has 0 saturated carbocycles. The molecule has 3 nitrogen and oxygen atoms in total. The molecular weight excluding hydrogens is 200 g/mol. The molecular formula is C13H24N2O. The Balaban J connectivity index is 2.36. The molecule has 0 aromatic carbocycles. The molecule has 0 N–H and O–H groups in total. The number of nitrogens with zero attached hydrogens (tertiary/aromatic N) is 2. The summed E-state index contributed by atoms with van der Waals surface area (Å²) in [5, 5.41) is 0. The first-order chi connectivity index (χ1) is 7.54. The van der Waals surface area contributed by atoms with Crippen LogP contribution in [0.15, 0.2) is 12.7 Å². The number of carbonyl (C=O) groups excluding carboxylic acids is 1. The number of piperazine rings is 1. The Morgan fingerprint density at radius 3 is 2.25 bits per heavy atom. The smallest absolute Gasteiger partial charge is 0.246 e. The van der Waals surface area contributed by atoms with Crippen molar-refractivity contribution in [2.75, 3.05) is 26.2 Å². The van der Waals surface area contributed by atoms with E-state index in [1.54, 1.807) is 0 Å². The normalized spacial score (nSPS) is 19.9. The highest BCUT2D eigenvalue weighted by atomic mass is 16.2. The van der Waals surface area contributed by atoms with Crippen LogP contribution in [0.25, 0.3) is 0 Å². The molecule has 0 radical (unpaired) electrons. The van der Waals surface area contributed by atoms with Crippen LogP contribution >= 0.6 is 0 Å². The average Bonchev–Trinajstić information content (AvgIpc) is 2.27. The van der Waals surface area contributed by atoms with Crippen molar-refractivity contribution in [2.24, 2.45) is 5.92 Å². The molecule has 0 spiro atoms. The largest absolute Gasteiger partial charge is 0.337 e. The van der Waals surface area contributed by atoms with E-state index in [1.165, 1.54) is 12.5 Å².